The summed E-state index contributed by atoms with van der Waals surface area (Å²) < 4.78 is 5.48. The van der Waals surface area contributed by atoms with Gasteiger partial charge in [0.15, 0.2) is 0 Å². The van der Waals surface area contributed by atoms with Crippen molar-refractivity contribution < 1.29 is 9.84 Å². The van der Waals surface area contributed by atoms with E-state index in [1.165, 1.54) is 0 Å². The number of aliphatic hydroxyl groups excluding tert-OH is 1. The average molecular weight is 237 g/mol. The van der Waals surface area contributed by atoms with Gasteiger partial charge in [-0.3, -0.25) is 0 Å². The van der Waals surface area contributed by atoms with Crippen LogP contribution in [-0.2, 0) is 0 Å². The quantitative estimate of drug-likeness (QED) is 0.798. The van der Waals surface area contributed by atoms with E-state index in [1.54, 1.807) is 0 Å². The number of rotatable bonds is 6. The molecule has 3 nitrogen and oxygen atoms in total. The molecule has 0 saturated heterocycles. The number of hydrogen-bond donors (Lipinski definition) is 2. The van der Waals surface area contributed by atoms with Crippen LogP contribution in [0.15, 0.2) is 24.3 Å². The first-order chi connectivity index (χ1) is 7.99. The Hall–Kier alpha value is -1.06. The minimum atomic E-state index is -0.354. The molecule has 1 aromatic rings. The minimum Gasteiger partial charge on any atom is -0.494 e. The molecule has 0 fully saturated rings. The molecule has 0 aliphatic heterocycles. The van der Waals surface area contributed by atoms with Crippen LogP contribution in [0.3, 0.4) is 0 Å². The van der Waals surface area contributed by atoms with Crippen molar-refractivity contribution >= 4 is 0 Å². The Bertz CT molecular complexity index is 344. The molecule has 1 unspecified atom stereocenters. The topological polar surface area (TPSA) is 55.5 Å². The first kappa shape index (κ1) is 14.0. The molecule has 0 bridgehead atoms. The van der Waals surface area contributed by atoms with Gasteiger partial charge in [0.1, 0.15) is 5.75 Å². The molecule has 0 aromatic heterocycles. The van der Waals surface area contributed by atoms with E-state index >= 15 is 0 Å². The highest BCUT2D eigenvalue weighted by atomic mass is 16.5. The van der Waals surface area contributed by atoms with Crippen LogP contribution in [0, 0.1) is 0 Å². The lowest BCUT2D eigenvalue weighted by molar-refractivity contribution is 0.250. The van der Waals surface area contributed by atoms with Crippen molar-refractivity contribution in [2.45, 2.75) is 38.6 Å². The van der Waals surface area contributed by atoms with Crippen LogP contribution < -0.4 is 10.5 Å². The SMILES string of the molecule is CCOc1cccc(C(CCO)C(C)(C)N)c1. The standard InChI is InChI=1S/C14H23NO2/c1-4-17-12-7-5-6-11(10-12)13(8-9-16)14(2,3)15/h5-7,10,13,16H,4,8-9,15H2,1-3H3. The second-order valence-corrected chi connectivity index (χ2v) is 4.89. The predicted molar refractivity (Wildman–Crippen MR) is 70.3 cm³/mol. The summed E-state index contributed by atoms with van der Waals surface area (Å²) in [5.74, 6) is 0.991. The van der Waals surface area contributed by atoms with E-state index in [4.69, 9.17) is 15.6 Å². The highest BCUT2D eigenvalue weighted by molar-refractivity contribution is 5.32. The van der Waals surface area contributed by atoms with Gasteiger partial charge in [-0.25, -0.2) is 0 Å². The maximum absolute atomic E-state index is 9.15. The number of hydrogen-bond acceptors (Lipinski definition) is 3. The van der Waals surface area contributed by atoms with E-state index in [1.807, 2.05) is 45.0 Å². The molecule has 3 N–H and O–H groups in total. The molecule has 17 heavy (non-hydrogen) atoms. The maximum atomic E-state index is 9.15. The van der Waals surface area contributed by atoms with Crippen molar-refractivity contribution in [3.8, 4) is 5.75 Å². The first-order valence-corrected chi connectivity index (χ1v) is 6.11. The van der Waals surface area contributed by atoms with Crippen molar-refractivity contribution in [1.29, 1.82) is 0 Å². The fourth-order valence-corrected chi connectivity index (χ4v) is 2.09. The molecule has 0 heterocycles. The van der Waals surface area contributed by atoms with Crippen LogP contribution in [0.2, 0.25) is 0 Å². The zero-order valence-electron chi connectivity index (χ0n) is 10.9. The van der Waals surface area contributed by atoms with Gasteiger partial charge in [-0.2, -0.15) is 0 Å². The maximum Gasteiger partial charge on any atom is 0.119 e. The van der Waals surface area contributed by atoms with Crippen molar-refractivity contribution in [3.63, 3.8) is 0 Å². The zero-order chi connectivity index (χ0) is 12.9. The predicted octanol–water partition coefficient (Wildman–Crippen LogP) is 2.29. The van der Waals surface area contributed by atoms with Crippen LogP contribution in [0.5, 0.6) is 5.75 Å². The molecule has 0 amide bonds. The van der Waals surface area contributed by atoms with Gasteiger partial charge < -0.3 is 15.6 Å². The van der Waals surface area contributed by atoms with E-state index < -0.39 is 0 Å². The van der Waals surface area contributed by atoms with Gasteiger partial charge in [0.2, 0.25) is 0 Å². The summed E-state index contributed by atoms with van der Waals surface area (Å²) in [6.07, 6.45) is 0.666. The lowest BCUT2D eigenvalue weighted by atomic mass is 9.80. The Balaban J connectivity index is 2.97. The third-order valence-electron chi connectivity index (χ3n) is 2.89. The van der Waals surface area contributed by atoms with Gasteiger partial charge in [0, 0.05) is 18.1 Å². The summed E-state index contributed by atoms with van der Waals surface area (Å²) >= 11 is 0. The Morgan fingerprint density at radius 3 is 2.65 bits per heavy atom. The number of nitrogens with two attached hydrogens (primary N) is 1. The molecule has 1 aromatic carbocycles. The molecule has 0 spiro atoms. The molecule has 0 radical (unpaired) electrons. The minimum absolute atomic E-state index is 0.132. The van der Waals surface area contributed by atoms with E-state index in [9.17, 15) is 0 Å². The molecule has 3 heteroatoms. The lowest BCUT2D eigenvalue weighted by Gasteiger charge is -2.30. The van der Waals surface area contributed by atoms with Crippen LogP contribution in [0.25, 0.3) is 0 Å². The molecule has 0 saturated carbocycles. The third kappa shape index (κ3) is 4.02. The van der Waals surface area contributed by atoms with Gasteiger partial charge in [-0.15, -0.1) is 0 Å². The zero-order valence-corrected chi connectivity index (χ0v) is 10.9. The Morgan fingerprint density at radius 1 is 1.41 bits per heavy atom. The van der Waals surface area contributed by atoms with Crippen molar-refractivity contribution in [1.82, 2.24) is 0 Å². The molecule has 1 rings (SSSR count). The summed E-state index contributed by atoms with van der Waals surface area (Å²) in [6.45, 7) is 6.73. The molecular formula is C14H23NO2. The summed E-state index contributed by atoms with van der Waals surface area (Å²) in [6, 6.07) is 7.96. The lowest BCUT2D eigenvalue weighted by Crippen LogP contribution is -2.39. The molecule has 0 aliphatic carbocycles. The number of ether oxygens (including phenoxy) is 1. The van der Waals surface area contributed by atoms with E-state index in [0.29, 0.717) is 13.0 Å². The fraction of sp³-hybridized carbons (Fsp3) is 0.571. The third-order valence-corrected chi connectivity index (χ3v) is 2.89. The van der Waals surface area contributed by atoms with Crippen molar-refractivity contribution in [2.24, 2.45) is 5.73 Å². The average Bonchev–Trinajstić information content (AvgIpc) is 2.25. The highest BCUT2D eigenvalue weighted by Gasteiger charge is 2.26. The Labute approximate surface area is 104 Å². The summed E-state index contributed by atoms with van der Waals surface area (Å²) in [7, 11) is 0. The van der Waals surface area contributed by atoms with Crippen molar-refractivity contribution in [2.75, 3.05) is 13.2 Å². The van der Waals surface area contributed by atoms with Gasteiger partial charge >= 0.3 is 0 Å². The monoisotopic (exact) mass is 237 g/mol. The van der Waals surface area contributed by atoms with Gasteiger partial charge in [0.25, 0.3) is 0 Å². The summed E-state index contributed by atoms with van der Waals surface area (Å²) in [5.41, 5.74) is 6.94. The molecule has 1 atom stereocenters. The second-order valence-electron chi connectivity index (χ2n) is 4.89. The molecular weight excluding hydrogens is 214 g/mol. The Kier molecular flexibility index (Phi) is 4.97. The van der Waals surface area contributed by atoms with Gasteiger partial charge in [0.05, 0.1) is 6.61 Å². The second kappa shape index (κ2) is 6.03. The largest absolute Gasteiger partial charge is 0.494 e. The van der Waals surface area contributed by atoms with Gasteiger partial charge in [-0.1, -0.05) is 12.1 Å². The van der Waals surface area contributed by atoms with Crippen LogP contribution in [-0.4, -0.2) is 23.9 Å². The summed E-state index contributed by atoms with van der Waals surface area (Å²) in [5, 5.41) is 9.15. The van der Waals surface area contributed by atoms with E-state index in [-0.39, 0.29) is 18.1 Å². The smallest absolute Gasteiger partial charge is 0.119 e. The number of benzene rings is 1. The Morgan fingerprint density at radius 2 is 2.12 bits per heavy atom. The number of aliphatic hydroxyl groups is 1. The molecule has 96 valence electrons. The van der Waals surface area contributed by atoms with E-state index in [2.05, 4.69) is 0 Å². The molecule has 0 aliphatic rings. The normalized spacial score (nSPS) is 13.5. The van der Waals surface area contributed by atoms with Crippen LogP contribution >= 0.6 is 0 Å². The van der Waals surface area contributed by atoms with Crippen LogP contribution in [0.4, 0.5) is 0 Å². The fourth-order valence-electron chi connectivity index (χ4n) is 2.09. The van der Waals surface area contributed by atoms with E-state index in [0.717, 1.165) is 11.3 Å². The van der Waals surface area contributed by atoms with Gasteiger partial charge in [-0.05, 0) is 44.9 Å². The highest BCUT2D eigenvalue weighted by Crippen LogP contribution is 2.31. The van der Waals surface area contributed by atoms with Crippen molar-refractivity contribution in [3.05, 3.63) is 29.8 Å². The van der Waals surface area contributed by atoms with Crippen LogP contribution in [0.1, 0.15) is 38.7 Å². The summed E-state index contributed by atoms with van der Waals surface area (Å²) in [4.78, 5) is 0. The first-order valence-electron chi connectivity index (χ1n) is 6.11.